The average molecular weight is 1660 g/mol. The van der Waals surface area contributed by atoms with Gasteiger partial charge in [-0.2, -0.15) is 0 Å². The number of fused-ring (bicyclic) bond motifs is 15. The highest BCUT2D eigenvalue weighted by molar-refractivity contribution is 7.92. The first-order valence-corrected chi connectivity index (χ1v) is 49.4. The van der Waals surface area contributed by atoms with Gasteiger partial charge in [0.1, 0.15) is 0 Å². The van der Waals surface area contributed by atoms with E-state index in [9.17, 15) is 39.1 Å². The number of ether oxygens (including phenoxy) is 3. The zero-order valence-corrected chi connectivity index (χ0v) is 75.6. The molecule has 15 aliphatic carbocycles. The molecule has 1 unspecified atom stereocenters. The molecule has 28 atom stereocenters. The van der Waals surface area contributed by atoms with Crippen LogP contribution in [0.2, 0.25) is 0 Å². The van der Waals surface area contributed by atoms with Crippen molar-refractivity contribution in [2.75, 3.05) is 28.4 Å². The highest BCUT2D eigenvalue weighted by Crippen LogP contribution is 2.73. The smallest absolute Gasteiger partial charge is 0.181 e. The average Bonchev–Trinajstić information content (AvgIpc) is 1.66. The zero-order valence-electron chi connectivity index (χ0n) is 74.8. The molecule has 0 aromatic heterocycles. The molecule has 1 aromatic carbocycles. The van der Waals surface area contributed by atoms with E-state index in [1.54, 1.807) is 19.2 Å². The molecule has 0 radical (unpaired) electrons. The minimum absolute atomic E-state index is 0. The molecule has 0 amide bonds. The number of benzene rings is 1. The fraction of sp³-hybridized carbons (Fsp3) is 0.942. The van der Waals surface area contributed by atoms with Crippen LogP contribution in [0.1, 0.15) is 395 Å². The molecule has 1 aromatic rings. The predicted octanol–water partition coefficient (Wildman–Crippen LogP) is 24.0. The lowest BCUT2D eigenvalue weighted by Crippen LogP contribution is -2.56. The number of rotatable bonds is 17. The van der Waals surface area contributed by atoms with Gasteiger partial charge in [0.05, 0.1) is 62.1 Å². The Bertz CT molecular complexity index is 3250. The SMILES string of the molecule is C.C.C.C.CO.COC1CCC(O)(CC([C@@H](C)[C@H]2CC[C@H]3[C@@H]4CC[C@H]5C[C@@](C)(O)CC[C@]5(C)[C@H]4CC[C@]23C)S(=O)(=O)c2ccccc2)CC1.COC1CCC(O)(CC[C@@H](C)[C@H]2CC[C@H]3[C@@H]4CC[C@H]5C[C@@](C)(O)CC[C@]5(C)[C@H]4CC[C@]23C)CC1.COC1CCC(O)(CC[C@@H](C)[C@H]2CC[C@H]3[C@@H]4CC[C@H]5C[C@@](C)(O)CC[C@]5(C)[C@H]4CC[C@]23C)CC1. The summed E-state index contributed by atoms with van der Waals surface area (Å²) in [5.74, 6) is 12.9. The lowest BCUT2D eigenvalue weighted by atomic mass is 9.43. The molecule has 7 N–H and O–H groups in total. The lowest BCUT2D eigenvalue weighted by molar-refractivity contribution is -0.148. The number of hydrogen-bond acceptors (Lipinski definition) is 12. The van der Waals surface area contributed by atoms with Crippen LogP contribution in [0.3, 0.4) is 0 Å². The topological polar surface area (TPSA) is 203 Å². The van der Waals surface area contributed by atoms with Gasteiger partial charge in [-0.15, -0.1) is 0 Å². The molecule has 12 nitrogen and oxygen atoms in total. The Kier molecular flexibility index (Phi) is 32.3. The summed E-state index contributed by atoms with van der Waals surface area (Å²) in [5.41, 5.74) is -0.875. The lowest BCUT2D eigenvalue weighted by Gasteiger charge is -2.62. The summed E-state index contributed by atoms with van der Waals surface area (Å²) in [7, 11) is 2.73. The van der Waals surface area contributed by atoms with Gasteiger partial charge >= 0.3 is 0 Å². The summed E-state index contributed by atoms with van der Waals surface area (Å²) in [6.45, 7) is 29.0. The molecule has 680 valence electrons. The van der Waals surface area contributed by atoms with Crippen LogP contribution < -0.4 is 0 Å². The van der Waals surface area contributed by atoms with Gasteiger partial charge in [-0.1, -0.05) is 110 Å². The quantitative estimate of drug-likeness (QED) is 0.0779. The van der Waals surface area contributed by atoms with Crippen LogP contribution in [0.4, 0.5) is 0 Å². The first-order valence-electron chi connectivity index (χ1n) is 47.9. The maximum absolute atomic E-state index is 14.5. The number of hydrogen-bond donors (Lipinski definition) is 7. The minimum Gasteiger partial charge on any atom is -0.400 e. The van der Waals surface area contributed by atoms with Crippen LogP contribution in [0.15, 0.2) is 35.2 Å². The van der Waals surface area contributed by atoms with E-state index in [2.05, 4.69) is 76.2 Å². The number of sulfone groups is 1. The summed E-state index contributed by atoms with van der Waals surface area (Å²) < 4.78 is 45.6. The van der Waals surface area contributed by atoms with E-state index in [4.69, 9.17) is 19.3 Å². The molecule has 0 heterocycles. The molecule has 15 saturated carbocycles. The minimum atomic E-state index is -3.63. The molecule has 13 heteroatoms. The zero-order chi connectivity index (χ0) is 81.5. The highest BCUT2D eigenvalue weighted by Gasteiger charge is 2.66. The number of methoxy groups -OCH3 is 3. The van der Waals surface area contributed by atoms with Crippen molar-refractivity contribution in [3.63, 3.8) is 0 Å². The third-order valence-electron chi connectivity index (χ3n) is 40.4. The van der Waals surface area contributed by atoms with Crippen molar-refractivity contribution in [2.45, 2.75) is 457 Å². The molecule has 117 heavy (non-hydrogen) atoms. The normalized spacial score (nSPS) is 48.5. The molecular formula is C104H186O12S. The Morgan fingerprint density at radius 1 is 0.350 bits per heavy atom. The Hall–Kier alpha value is -1.23. The molecule has 15 aliphatic rings. The molecular weight excluding hydrogens is 1470 g/mol. The van der Waals surface area contributed by atoms with Crippen LogP contribution in [0, 0.1) is 139 Å². The van der Waals surface area contributed by atoms with Gasteiger partial charge in [0.15, 0.2) is 9.84 Å². The Balaban J connectivity index is 0.000000197. The highest BCUT2D eigenvalue weighted by atomic mass is 32.2. The van der Waals surface area contributed by atoms with Crippen molar-refractivity contribution in [3.8, 4) is 0 Å². The van der Waals surface area contributed by atoms with Crippen LogP contribution >= 0.6 is 0 Å². The van der Waals surface area contributed by atoms with E-state index >= 15 is 0 Å². The Labute approximate surface area is 719 Å². The van der Waals surface area contributed by atoms with E-state index in [0.29, 0.717) is 98.9 Å². The third kappa shape index (κ3) is 19.5. The monoisotopic (exact) mass is 1660 g/mol. The molecule has 15 fully saturated rings. The second kappa shape index (κ2) is 38.0. The predicted molar refractivity (Wildman–Crippen MR) is 483 cm³/mol. The molecule has 16 rings (SSSR count). The molecule has 0 spiro atoms. The molecule has 0 saturated heterocycles. The van der Waals surface area contributed by atoms with Gasteiger partial charge in [-0.05, 0) is 454 Å². The fourth-order valence-electron chi connectivity index (χ4n) is 33.3. The Morgan fingerprint density at radius 3 is 0.957 bits per heavy atom. The van der Waals surface area contributed by atoms with Crippen molar-refractivity contribution in [1.29, 1.82) is 0 Å². The fourth-order valence-corrected chi connectivity index (χ4v) is 35.5. The largest absolute Gasteiger partial charge is 0.400 e. The van der Waals surface area contributed by atoms with Gasteiger partial charge in [0.25, 0.3) is 0 Å². The van der Waals surface area contributed by atoms with Gasteiger partial charge in [0.2, 0.25) is 0 Å². The van der Waals surface area contributed by atoms with Crippen molar-refractivity contribution < 1.29 is 58.4 Å². The molecule has 0 bridgehead atoms. The van der Waals surface area contributed by atoms with Gasteiger partial charge in [0, 0.05) is 28.4 Å². The van der Waals surface area contributed by atoms with Gasteiger partial charge in [-0.3, -0.25) is 0 Å². The van der Waals surface area contributed by atoms with Crippen LogP contribution in [-0.4, -0.2) is 130 Å². The summed E-state index contributed by atoms with van der Waals surface area (Å²) in [6.07, 6.45) is 49.5. The van der Waals surface area contributed by atoms with Crippen LogP contribution in [-0.2, 0) is 24.0 Å². The Morgan fingerprint density at radius 2 is 0.641 bits per heavy atom. The first-order chi connectivity index (χ1) is 53.2. The van der Waals surface area contributed by atoms with Crippen molar-refractivity contribution >= 4 is 9.84 Å². The van der Waals surface area contributed by atoms with E-state index in [0.717, 1.165) is 201 Å². The number of aliphatic hydroxyl groups excluding tert-OH is 1. The first kappa shape index (κ1) is 99.5. The maximum Gasteiger partial charge on any atom is 0.181 e. The maximum atomic E-state index is 14.5. The summed E-state index contributed by atoms with van der Waals surface area (Å²) >= 11 is 0. The summed E-state index contributed by atoms with van der Waals surface area (Å²) in [6, 6.07) is 9.00. The van der Waals surface area contributed by atoms with E-state index in [1.165, 1.54) is 135 Å². The second-order valence-electron chi connectivity index (χ2n) is 46.2. The van der Waals surface area contributed by atoms with E-state index in [1.807, 2.05) is 39.3 Å². The summed E-state index contributed by atoms with van der Waals surface area (Å²) in [5, 5.41) is 73.1. The van der Waals surface area contributed by atoms with Crippen molar-refractivity contribution in [3.05, 3.63) is 30.3 Å². The van der Waals surface area contributed by atoms with Crippen molar-refractivity contribution in [2.24, 2.45) is 139 Å². The van der Waals surface area contributed by atoms with E-state index in [-0.39, 0.29) is 47.1 Å². The third-order valence-corrected chi connectivity index (χ3v) is 42.8. The van der Waals surface area contributed by atoms with E-state index < -0.39 is 48.7 Å². The van der Waals surface area contributed by atoms with Gasteiger partial charge in [-0.25, -0.2) is 8.42 Å². The summed E-state index contributed by atoms with van der Waals surface area (Å²) in [4.78, 5) is 0.392. The van der Waals surface area contributed by atoms with Crippen molar-refractivity contribution in [1.82, 2.24) is 0 Å². The van der Waals surface area contributed by atoms with Gasteiger partial charge < -0.3 is 50.0 Å². The van der Waals surface area contributed by atoms with Crippen LogP contribution in [0.25, 0.3) is 0 Å². The van der Waals surface area contributed by atoms with Crippen LogP contribution in [0.5, 0.6) is 0 Å². The second-order valence-corrected chi connectivity index (χ2v) is 48.4. The number of aliphatic hydroxyl groups is 7. The standard InChI is InChI=1S/C37H58O5S.2C31H54O3.CH4O.4CH4/c1-25(33(43(40,41)28-9-7-6-8-10-28)24-37(39)19-15-27(42-5)16-20-37)30-13-14-31-29-12-11-26-23-34(2,38)21-22-35(26,3)32(29)17-18-36(30,31)4;2*1-21(10-15-31(33)16-11-23(34-5)12-17-31)25-8-9-26-24-7-6-22-20-28(2,32)18-19-29(22,3)27(24)13-14-30(25,26)4;1-2;;;;/h6-10,25-27,29-33,38-39H,11-24H2,1-5H3;2*21-27,32-33H,6-20H2,1-5H3;2H,1H3;4*1H4/t25-,26-,27?,29-,30+,31-,32-,33?,34-,35-,36+,37?;2*21-,22+,23?,24+,25-,26+,27+,28+,29+,30-,31?;;;;;/m011...../s1. The molecule has 0 aliphatic heterocycles.